The van der Waals surface area contributed by atoms with Crippen molar-refractivity contribution < 1.29 is 4.74 Å². The number of ether oxygens (including phenoxy) is 1. The van der Waals surface area contributed by atoms with Crippen LogP contribution in [0.3, 0.4) is 0 Å². The predicted octanol–water partition coefficient (Wildman–Crippen LogP) is 3.13. The molecule has 2 unspecified atom stereocenters. The lowest BCUT2D eigenvalue weighted by Gasteiger charge is -2.41. The Kier molecular flexibility index (Phi) is 6.10. The first-order valence-electron chi connectivity index (χ1n) is 8.88. The van der Waals surface area contributed by atoms with Gasteiger partial charge in [-0.1, -0.05) is 20.8 Å². The maximum absolute atomic E-state index is 6.15. The van der Waals surface area contributed by atoms with Gasteiger partial charge in [-0.05, 0) is 61.8 Å². The molecule has 124 valence electrons. The lowest BCUT2D eigenvalue weighted by molar-refractivity contribution is 0.0875. The third-order valence-corrected chi connectivity index (χ3v) is 5.97. The lowest BCUT2D eigenvalue weighted by Crippen LogP contribution is -2.46. The van der Waals surface area contributed by atoms with Crippen molar-refractivity contribution in [3.63, 3.8) is 0 Å². The van der Waals surface area contributed by atoms with E-state index in [0.29, 0.717) is 11.5 Å². The highest BCUT2D eigenvalue weighted by molar-refractivity contribution is 4.90. The van der Waals surface area contributed by atoms with E-state index in [4.69, 9.17) is 10.5 Å². The largest absolute Gasteiger partial charge is 0.384 e. The second-order valence-corrected chi connectivity index (χ2v) is 8.39. The van der Waals surface area contributed by atoms with Crippen LogP contribution in [0, 0.1) is 23.2 Å². The van der Waals surface area contributed by atoms with E-state index < -0.39 is 0 Å². The van der Waals surface area contributed by atoms with Crippen molar-refractivity contribution in [2.24, 2.45) is 28.9 Å². The van der Waals surface area contributed by atoms with Gasteiger partial charge in [-0.15, -0.1) is 0 Å². The van der Waals surface area contributed by atoms with Crippen LogP contribution in [0.15, 0.2) is 0 Å². The van der Waals surface area contributed by atoms with E-state index in [1.807, 2.05) is 7.11 Å². The van der Waals surface area contributed by atoms with Gasteiger partial charge < -0.3 is 10.5 Å². The summed E-state index contributed by atoms with van der Waals surface area (Å²) in [4.78, 5) is 2.66. The number of rotatable bonds is 5. The number of hydrogen-bond donors (Lipinski definition) is 1. The van der Waals surface area contributed by atoms with Gasteiger partial charge in [0.25, 0.3) is 0 Å². The summed E-state index contributed by atoms with van der Waals surface area (Å²) in [6.45, 7) is 11.3. The molecule has 0 bridgehead atoms. The van der Waals surface area contributed by atoms with Crippen molar-refractivity contribution in [1.82, 2.24) is 4.90 Å². The van der Waals surface area contributed by atoms with E-state index in [-0.39, 0.29) is 0 Å². The van der Waals surface area contributed by atoms with Gasteiger partial charge in [-0.25, -0.2) is 0 Å². The van der Waals surface area contributed by atoms with Gasteiger partial charge in [0.2, 0.25) is 0 Å². The zero-order valence-corrected chi connectivity index (χ0v) is 14.6. The first kappa shape index (κ1) is 17.2. The first-order chi connectivity index (χ1) is 9.95. The molecular formula is C18H36N2O. The highest BCUT2D eigenvalue weighted by Crippen LogP contribution is 2.41. The first-order valence-corrected chi connectivity index (χ1v) is 8.88. The molecule has 2 atom stereocenters. The van der Waals surface area contributed by atoms with E-state index >= 15 is 0 Å². The summed E-state index contributed by atoms with van der Waals surface area (Å²) in [5, 5.41) is 0. The molecule has 0 amide bonds. The van der Waals surface area contributed by atoms with Gasteiger partial charge in [0.05, 0.1) is 6.61 Å². The number of hydrogen-bond acceptors (Lipinski definition) is 3. The molecule has 0 spiro atoms. The molecule has 2 fully saturated rings. The number of likely N-dealkylation sites (tertiary alicyclic amines) is 1. The Morgan fingerprint density at radius 3 is 2.33 bits per heavy atom. The number of methoxy groups -OCH3 is 1. The van der Waals surface area contributed by atoms with Crippen molar-refractivity contribution >= 4 is 0 Å². The third kappa shape index (κ3) is 4.43. The maximum Gasteiger partial charge on any atom is 0.0503 e. The fourth-order valence-electron chi connectivity index (χ4n) is 4.55. The second kappa shape index (κ2) is 7.43. The average molecular weight is 296 g/mol. The normalized spacial score (nSPS) is 33.3. The Hall–Kier alpha value is -0.120. The third-order valence-electron chi connectivity index (χ3n) is 5.97. The molecule has 21 heavy (non-hydrogen) atoms. The van der Waals surface area contributed by atoms with Crippen molar-refractivity contribution in [1.29, 1.82) is 0 Å². The molecule has 0 aromatic carbocycles. The standard InChI is InChI=1S/C18H36N2O/c1-18(2,3)16-7-5-15(6-8-16)17(11-19)20-10-9-14(12-20)13-21-4/h14-17H,5-13,19H2,1-4H3. The summed E-state index contributed by atoms with van der Waals surface area (Å²) >= 11 is 0. The summed E-state index contributed by atoms with van der Waals surface area (Å²) in [6.07, 6.45) is 6.80. The van der Waals surface area contributed by atoms with Crippen LogP contribution in [-0.2, 0) is 4.74 Å². The smallest absolute Gasteiger partial charge is 0.0503 e. The second-order valence-electron chi connectivity index (χ2n) is 8.39. The zero-order chi connectivity index (χ0) is 15.5. The summed E-state index contributed by atoms with van der Waals surface area (Å²) in [5.41, 5.74) is 6.62. The molecule has 2 aliphatic rings. The molecule has 2 rings (SSSR count). The van der Waals surface area contributed by atoms with E-state index in [2.05, 4.69) is 25.7 Å². The molecule has 0 radical (unpaired) electrons. The molecule has 1 aliphatic heterocycles. The topological polar surface area (TPSA) is 38.5 Å². The fourth-order valence-corrected chi connectivity index (χ4v) is 4.55. The van der Waals surface area contributed by atoms with Crippen LogP contribution in [0.25, 0.3) is 0 Å². The molecule has 1 saturated carbocycles. The molecule has 1 aliphatic carbocycles. The quantitative estimate of drug-likeness (QED) is 0.847. The zero-order valence-electron chi connectivity index (χ0n) is 14.6. The van der Waals surface area contributed by atoms with Crippen LogP contribution in [0.4, 0.5) is 0 Å². The molecule has 3 heteroatoms. The van der Waals surface area contributed by atoms with Crippen LogP contribution in [-0.4, -0.2) is 44.3 Å². The molecule has 1 saturated heterocycles. The molecular weight excluding hydrogens is 260 g/mol. The van der Waals surface area contributed by atoms with Gasteiger partial charge in [0, 0.05) is 26.2 Å². The van der Waals surface area contributed by atoms with Gasteiger partial charge in [-0.3, -0.25) is 4.90 Å². The van der Waals surface area contributed by atoms with Crippen molar-refractivity contribution in [3.8, 4) is 0 Å². The van der Waals surface area contributed by atoms with Gasteiger partial charge in [0.15, 0.2) is 0 Å². The minimum atomic E-state index is 0.473. The Morgan fingerprint density at radius 2 is 1.81 bits per heavy atom. The Balaban J connectivity index is 1.86. The van der Waals surface area contributed by atoms with Crippen LogP contribution in [0.5, 0.6) is 0 Å². The van der Waals surface area contributed by atoms with E-state index in [0.717, 1.165) is 30.9 Å². The predicted molar refractivity (Wildman–Crippen MR) is 89.3 cm³/mol. The van der Waals surface area contributed by atoms with Crippen LogP contribution in [0.1, 0.15) is 52.9 Å². The SMILES string of the molecule is COCC1CCN(C(CN)C2CCC(C(C)(C)C)CC2)C1. The minimum absolute atomic E-state index is 0.473. The minimum Gasteiger partial charge on any atom is -0.384 e. The van der Waals surface area contributed by atoms with Gasteiger partial charge in [0.1, 0.15) is 0 Å². The van der Waals surface area contributed by atoms with E-state index in [9.17, 15) is 0 Å². The monoisotopic (exact) mass is 296 g/mol. The maximum atomic E-state index is 6.15. The summed E-state index contributed by atoms with van der Waals surface area (Å²) in [6, 6.07) is 0.604. The van der Waals surface area contributed by atoms with Crippen LogP contribution >= 0.6 is 0 Å². The van der Waals surface area contributed by atoms with Crippen molar-refractivity contribution in [2.45, 2.75) is 58.9 Å². The molecule has 3 nitrogen and oxygen atoms in total. The van der Waals surface area contributed by atoms with Gasteiger partial charge in [-0.2, -0.15) is 0 Å². The summed E-state index contributed by atoms with van der Waals surface area (Å²) in [5.74, 6) is 2.43. The number of nitrogens with zero attached hydrogens (tertiary/aromatic N) is 1. The molecule has 1 heterocycles. The highest BCUT2D eigenvalue weighted by atomic mass is 16.5. The Bertz CT molecular complexity index is 305. The Labute approximate surface area is 131 Å². The summed E-state index contributed by atoms with van der Waals surface area (Å²) < 4.78 is 5.33. The fraction of sp³-hybridized carbons (Fsp3) is 1.00. The van der Waals surface area contributed by atoms with Crippen LogP contribution in [0.2, 0.25) is 0 Å². The highest BCUT2D eigenvalue weighted by Gasteiger charge is 2.36. The van der Waals surface area contributed by atoms with Crippen LogP contribution < -0.4 is 5.73 Å². The molecule has 0 aromatic heterocycles. The summed E-state index contributed by atoms with van der Waals surface area (Å²) in [7, 11) is 1.82. The molecule has 2 N–H and O–H groups in total. The van der Waals surface area contributed by atoms with E-state index in [1.165, 1.54) is 45.2 Å². The van der Waals surface area contributed by atoms with E-state index in [1.54, 1.807) is 0 Å². The number of nitrogens with two attached hydrogens (primary N) is 1. The lowest BCUT2D eigenvalue weighted by atomic mass is 9.68. The van der Waals surface area contributed by atoms with Crippen molar-refractivity contribution in [3.05, 3.63) is 0 Å². The van der Waals surface area contributed by atoms with Gasteiger partial charge >= 0.3 is 0 Å². The Morgan fingerprint density at radius 1 is 1.14 bits per heavy atom. The van der Waals surface area contributed by atoms with Crippen molar-refractivity contribution in [2.75, 3.05) is 33.4 Å². The average Bonchev–Trinajstić information content (AvgIpc) is 2.88. The molecule has 0 aromatic rings.